The van der Waals surface area contributed by atoms with Gasteiger partial charge < -0.3 is 10.6 Å². The molecule has 0 fully saturated rings. The van der Waals surface area contributed by atoms with Crippen molar-refractivity contribution in [1.29, 1.82) is 0 Å². The van der Waals surface area contributed by atoms with Crippen LogP contribution < -0.4 is 10.6 Å². The number of amides is 2. The monoisotopic (exact) mass is 281 g/mol. The first-order valence-electron chi connectivity index (χ1n) is 6.71. The Morgan fingerprint density at radius 1 is 1.05 bits per heavy atom. The molecule has 0 aliphatic carbocycles. The summed E-state index contributed by atoms with van der Waals surface area (Å²) in [5.74, 6) is 0.825. The number of pyridine rings is 1. The van der Waals surface area contributed by atoms with Crippen LogP contribution in [0.2, 0.25) is 0 Å². The van der Waals surface area contributed by atoms with Gasteiger partial charge in [0.1, 0.15) is 5.82 Å². The molecule has 1 aromatic carbocycles. The Hall–Kier alpha value is -2.89. The smallest absolute Gasteiger partial charge is 0.319 e. The number of carbonyl (C=O) groups is 1. The standard InChI is InChI=1S/C15H15N5O/c21-15(17-12-6-2-1-3-7-12)16-10-9-14-19-18-13-8-4-5-11-20(13)14/h1-8,11H,9-10H2,(H2,16,17,21). The van der Waals surface area contributed by atoms with Crippen LogP contribution >= 0.6 is 0 Å². The summed E-state index contributed by atoms with van der Waals surface area (Å²) in [4.78, 5) is 11.7. The highest BCUT2D eigenvalue weighted by Gasteiger charge is 2.05. The van der Waals surface area contributed by atoms with Crippen molar-refractivity contribution >= 4 is 17.4 Å². The number of hydrogen-bond donors (Lipinski definition) is 2. The molecular weight excluding hydrogens is 266 g/mol. The Balaban J connectivity index is 1.53. The van der Waals surface area contributed by atoms with Crippen molar-refractivity contribution in [2.24, 2.45) is 0 Å². The van der Waals surface area contributed by atoms with Crippen LogP contribution in [0.5, 0.6) is 0 Å². The molecule has 21 heavy (non-hydrogen) atoms. The van der Waals surface area contributed by atoms with Gasteiger partial charge in [-0.3, -0.25) is 4.40 Å². The third-order valence-corrected chi connectivity index (χ3v) is 3.05. The zero-order chi connectivity index (χ0) is 14.5. The summed E-state index contributed by atoms with van der Waals surface area (Å²) in [6, 6.07) is 14.8. The van der Waals surface area contributed by atoms with Crippen LogP contribution in [0.1, 0.15) is 5.82 Å². The van der Waals surface area contributed by atoms with Gasteiger partial charge in [0.15, 0.2) is 5.65 Å². The molecule has 0 aliphatic rings. The van der Waals surface area contributed by atoms with Crippen LogP contribution in [-0.4, -0.2) is 27.2 Å². The molecule has 3 aromatic rings. The maximum Gasteiger partial charge on any atom is 0.319 e. The number of carbonyl (C=O) groups excluding carboxylic acids is 1. The SMILES string of the molecule is O=C(NCCc1nnc2ccccn12)Nc1ccccc1. The van der Waals surface area contributed by atoms with Gasteiger partial charge >= 0.3 is 6.03 Å². The van der Waals surface area contributed by atoms with Crippen LogP contribution in [0, 0.1) is 0 Å². The highest BCUT2D eigenvalue weighted by atomic mass is 16.2. The summed E-state index contributed by atoms with van der Waals surface area (Å²) >= 11 is 0. The van der Waals surface area contributed by atoms with E-state index in [1.165, 1.54) is 0 Å². The summed E-state index contributed by atoms with van der Waals surface area (Å²) in [7, 11) is 0. The second kappa shape index (κ2) is 6.04. The Morgan fingerprint density at radius 3 is 2.71 bits per heavy atom. The lowest BCUT2D eigenvalue weighted by atomic mass is 10.3. The third-order valence-electron chi connectivity index (χ3n) is 3.05. The molecule has 0 aliphatic heterocycles. The molecule has 106 valence electrons. The van der Waals surface area contributed by atoms with E-state index in [4.69, 9.17) is 0 Å². The molecule has 0 saturated heterocycles. The van der Waals surface area contributed by atoms with E-state index in [2.05, 4.69) is 20.8 Å². The van der Waals surface area contributed by atoms with Crippen molar-refractivity contribution in [2.75, 3.05) is 11.9 Å². The number of fused-ring (bicyclic) bond motifs is 1. The summed E-state index contributed by atoms with van der Waals surface area (Å²) < 4.78 is 1.91. The first kappa shape index (κ1) is 13.1. The van der Waals surface area contributed by atoms with Crippen molar-refractivity contribution in [3.05, 3.63) is 60.6 Å². The average Bonchev–Trinajstić information content (AvgIpc) is 2.92. The van der Waals surface area contributed by atoms with E-state index in [-0.39, 0.29) is 6.03 Å². The van der Waals surface area contributed by atoms with Gasteiger partial charge in [-0.25, -0.2) is 4.79 Å². The Bertz CT molecular complexity index is 738. The van der Waals surface area contributed by atoms with Gasteiger partial charge in [0, 0.05) is 24.8 Å². The lowest BCUT2D eigenvalue weighted by molar-refractivity contribution is 0.252. The van der Waals surface area contributed by atoms with E-state index in [0.717, 1.165) is 17.2 Å². The Labute approximate surface area is 121 Å². The van der Waals surface area contributed by atoms with Gasteiger partial charge in [-0.2, -0.15) is 0 Å². The van der Waals surface area contributed by atoms with E-state index in [1.807, 2.05) is 59.1 Å². The number of para-hydroxylation sites is 1. The number of anilines is 1. The minimum absolute atomic E-state index is 0.227. The molecule has 2 N–H and O–H groups in total. The van der Waals surface area contributed by atoms with Crippen molar-refractivity contribution < 1.29 is 4.79 Å². The molecule has 0 bridgehead atoms. The van der Waals surface area contributed by atoms with Crippen molar-refractivity contribution in [1.82, 2.24) is 19.9 Å². The third kappa shape index (κ3) is 3.17. The zero-order valence-electron chi connectivity index (χ0n) is 11.4. The first-order valence-corrected chi connectivity index (χ1v) is 6.71. The molecular formula is C15H15N5O. The maximum absolute atomic E-state index is 11.7. The predicted molar refractivity (Wildman–Crippen MR) is 80.2 cm³/mol. The minimum atomic E-state index is -0.227. The lowest BCUT2D eigenvalue weighted by Gasteiger charge is -2.06. The molecule has 0 atom stereocenters. The number of aromatic nitrogens is 3. The molecule has 6 nitrogen and oxygen atoms in total. The molecule has 0 radical (unpaired) electrons. The molecule has 0 unspecified atom stereocenters. The Morgan fingerprint density at radius 2 is 1.86 bits per heavy atom. The van der Waals surface area contributed by atoms with Gasteiger partial charge in [-0.1, -0.05) is 24.3 Å². The van der Waals surface area contributed by atoms with E-state index in [0.29, 0.717) is 13.0 Å². The van der Waals surface area contributed by atoms with Crippen LogP contribution in [0.15, 0.2) is 54.7 Å². The van der Waals surface area contributed by atoms with Gasteiger partial charge in [-0.05, 0) is 24.3 Å². The molecule has 2 amide bonds. The number of urea groups is 1. The molecule has 6 heteroatoms. The van der Waals surface area contributed by atoms with Crippen molar-refractivity contribution in [3.8, 4) is 0 Å². The zero-order valence-corrected chi connectivity index (χ0v) is 11.4. The van der Waals surface area contributed by atoms with Gasteiger partial charge in [0.2, 0.25) is 0 Å². The van der Waals surface area contributed by atoms with E-state index < -0.39 is 0 Å². The molecule has 3 rings (SSSR count). The number of nitrogens with one attached hydrogen (secondary N) is 2. The number of benzene rings is 1. The number of nitrogens with zero attached hydrogens (tertiary/aromatic N) is 3. The van der Waals surface area contributed by atoms with Crippen LogP contribution in [0.3, 0.4) is 0 Å². The normalized spacial score (nSPS) is 10.5. The molecule has 2 heterocycles. The van der Waals surface area contributed by atoms with E-state index in [9.17, 15) is 4.79 Å². The maximum atomic E-state index is 11.7. The summed E-state index contributed by atoms with van der Waals surface area (Å²) in [5.41, 5.74) is 1.57. The first-order chi connectivity index (χ1) is 10.3. The summed E-state index contributed by atoms with van der Waals surface area (Å²) in [6.45, 7) is 0.494. The highest BCUT2D eigenvalue weighted by molar-refractivity contribution is 5.89. The topological polar surface area (TPSA) is 71.3 Å². The predicted octanol–water partition coefficient (Wildman–Crippen LogP) is 2.09. The van der Waals surface area contributed by atoms with Gasteiger partial charge in [-0.15, -0.1) is 10.2 Å². The number of rotatable bonds is 4. The summed E-state index contributed by atoms with van der Waals surface area (Å²) in [6.07, 6.45) is 2.53. The van der Waals surface area contributed by atoms with Crippen LogP contribution in [0.4, 0.5) is 10.5 Å². The van der Waals surface area contributed by atoms with Crippen molar-refractivity contribution in [3.63, 3.8) is 0 Å². The molecule has 0 saturated carbocycles. The largest absolute Gasteiger partial charge is 0.337 e. The van der Waals surface area contributed by atoms with Gasteiger partial charge in [0.05, 0.1) is 0 Å². The molecule has 2 aromatic heterocycles. The minimum Gasteiger partial charge on any atom is -0.337 e. The van der Waals surface area contributed by atoms with Crippen LogP contribution in [-0.2, 0) is 6.42 Å². The fourth-order valence-corrected chi connectivity index (χ4v) is 2.05. The van der Waals surface area contributed by atoms with E-state index >= 15 is 0 Å². The average molecular weight is 281 g/mol. The van der Waals surface area contributed by atoms with Crippen LogP contribution in [0.25, 0.3) is 5.65 Å². The summed E-state index contributed by atoms with van der Waals surface area (Å²) in [5, 5.41) is 13.8. The molecule has 0 spiro atoms. The Kier molecular flexibility index (Phi) is 3.77. The lowest BCUT2D eigenvalue weighted by Crippen LogP contribution is -2.30. The number of hydrogen-bond acceptors (Lipinski definition) is 3. The highest BCUT2D eigenvalue weighted by Crippen LogP contribution is 2.05. The fourth-order valence-electron chi connectivity index (χ4n) is 2.05. The van der Waals surface area contributed by atoms with E-state index in [1.54, 1.807) is 0 Å². The quantitative estimate of drug-likeness (QED) is 0.769. The second-order valence-corrected chi connectivity index (χ2v) is 4.54. The van der Waals surface area contributed by atoms with Crippen molar-refractivity contribution in [2.45, 2.75) is 6.42 Å². The fraction of sp³-hybridized carbons (Fsp3) is 0.133. The van der Waals surface area contributed by atoms with Gasteiger partial charge in [0.25, 0.3) is 0 Å². The second-order valence-electron chi connectivity index (χ2n) is 4.54.